The summed E-state index contributed by atoms with van der Waals surface area (Å²) >= 11 is 1.19. The van der Waals surface area contributed by atoms with E-state index in [1.165, 1.54) is 18.6 Å². The highest BCUT2D eigenvalue weighted by Gasteiger charge is 2.08. The summed E-state index contributed by atoms with van der Waals surface area (Å²) in [5.41, 5.74) is 0.630. The molecule has 1 rings (SSSR count). The molecule has 0 aliphatic carbocycles. The molecule has 4 nitrogen and oxygen atoms in total. The molecule has 0 atom stereocenters. The van der Waals surface area contributed by atoms with Crippen LogP contribution in [0.5, 0.6) is 5.88 Å². The van der Waals surface area contributed by atoms with Crippen molar-refractivity contribution in [3.63, 3.8) is 0 Å². The van der Waals surface area contributed by atoms with Gasteiger partial charge in [-0.2, -0.15) is 4.37 Å². The molecule has 0 fully saturated rings. The van der Waals surface area contributed by atoms with Crippen LogP contribution in [0.3, 0.4) is 0 Å². The molecule has 0 unspecified atom stereocenters. The highest BCUT2D eigenvalue weighted by molar-refractivity contribution is 7.03. The van der Waals surface area contributed by atoms with Crippen LogP contribution in [0.25, 0.3) is 0 Å². The lowest BCUT2D eigenvalue weighted by Gasteiger charge is -1.95. The number of hydrogen-bond donors (Lipinski definition) is 1. The molecule has 60 valence electrons. The minimum absolute atomic E-state index is 0.0281. The third-order valence-corrected chi connectivity index (χ3v) is 1.80. The highest BCUT2D eigenvalue weighted by Crippen LogP contribution is 2.18. The Morgan fingerprint density at radius 3 is 3.18 bits per heavy atom. The number of carbonyl (C=O) groups is 1. The van der Waals surface area contributed by atoms with Crippen LogP contribution in [-0.4, -0.2) is 22.6 Å². The number of rotatable bonds is 3. The van der Waals surface area contributed by atoms with Crippen LogP contribution < -0.4 is 4.74 Å². The van der Waals surface area contributed by atoms with E-state index in [9.17, 15) is 4.79 Å². The molecule has 1 N–H and O–H groups in total. The summed E-state index contributed by atoms with van der Waals surface area (Å²) in [5, 5.41) is 10.1. The molecule has 1 heterocycles. The number of aliphatic carboxylic acids is 1. The molecule has 0 aliphatic rings. The van der Waals surface area contributed by atoms with Crippen molar-refractivity contribution in [2.24, 2.45) is 0 Å². The first-order valence-electron chi connectivity index (χ1n) is 2.93. The van der Waals surface area contributed by atoms with Crippen molar-refractivity contribution in [2.75, 3.05) is 7.11 Å². The van der Waals surface area contributed by atoms with E-state index in [1.54, 1.807) is 5.38 Å². The third-order valence-electron chi connectivity index (χ3n) is 1.14. The van der Waals surface area contributed by atoms with E-state index in [0.717, 1.165) is 0 Å². The first kappa shape index (κ1) is 8.00. The van der Waals surface area contributed by atoms with Gasteiger partial charge >= 0.3 is 5.97 Å². The van der Waals surface area contributed by atoms with Gasteiger partial charge in [-0.1, -0.05) is 0 Å². The fourth-order valence-electron chi connectivity index (χ4n) is 0.695. The van der Waals surface area contributed by atoms with Gasteiger partial charge in [-0.05, 0) is 11.5 Å². The van der Waals surface area contributed by atoms with Gasteiger partial charge in [0, 0.05) is 10.9 Å². The van der Waals surface area contributed by atoms with Crippen LogP contribution in [0, 0.1) is 0 Å². The summed E-state index contributed by atoms with van der Waals surface area (Å²) < 4.78 is 8.67. The zero-order chi connectivity index (χ0) is 8.27. The Hall–Kier alpha value is -1.10. The van der Waals surface area contributed by atoms with E-state index in [2.05, 4.69) is 4.37 Å². The van der Waals surface area contributed by atoms with Gasteiger partial charge in [-0.25, -0.2) is 0 Å². The summed E-state index contributed by atoms with van der Waals surface area (Å²) in [4.78, 5) is 10.3. The molecular formula is C6H7NO3S. The highest BCUT2D eigenvalue weighted by atomic mass is 32.1. The van der Waals surface area contributed by atoms with Gasteiger partial charge in [0.2, 0.25) is 5.88 Å². The summed E-state index contributed by atoms with van der Waals surface area (Å²) in [6, 6.07) is 0. The quantitative estimate of drug-likeness (QED) is 0.733. The Kier molecular flexibility index (Phi) is 2.43. The average molecular weight is 173 g/mol. The lowest BCUT2D eigenvalue weighted by molar-refractivity contribution is -0.136. The van der Waals surface area contributed by atoms with E-state index in [0.29, 0.717) is 11.4 Å². The molecule has 0 radical (unpaired) electrons. The second-order valence-electron chi connectivity index (χ2n) is 1.92. The van der Waals surface area contributed by atoms with Crippen LogP contribution in [0.2, 0.25) is 0 Å². The van der Waals surface area contributed by atoms with Crippen molar-refractivity contribution < 1.29 is 14.6 Å². The standard InChI is InChI=1S/C6H7NO3S/c1-10-6-4(2-5(8)9)3-11-7-6/h3H,2H2,1H3,(H,8,9). The summed E-state index contributed by atoms with van der Waals surface area (Å²) in [5.74, 6) is -0.457. The van der Waals surface area contributed by atoms with Crippen molar-refractivity contribution >= 4 is 17.5 Å². The smallest absolute Gasteiger partial charge is 0.308 e. The average Bonchev–Trinajstić information content (AvgIpc) is 2.34. The predicted molar refractivity (Wildman–Crippen MR) is 40.0 cm³/mol. The second kappa shape index (κ2) is 3.34. The molecular weight excluding hydrogens is 166 g/mol. The number of hydrogen-bond acceptors (Lipinski definition) is 4. The van der Waals surface area contributed by atoms with Crippen LogP contribution in [-0.2, 0) is 11.2 Å². The van der Waals surface area contributed by atoms with E-state index >= 15 is 0 Å². The molecule has 0 aliphatic heterocycles. The Morgan fingerprint density at radius 2 is 2.64 bits per heavy atom. The monoisotopic (exact) mass is 173 g/mol. The van der Waals surface area contributed by atoms with Gasteiger partial charge in [0.05, 0.1) is 13.5 Å². The maximum absolute atomic E-state index is 10.3. The van der Waals surface area contributed by atoms with E-state index in [4.69, 9.17) is 9.84 Å². The van der Waals surface area contributed by atoms with Crippen molar-refractivity contribution in [1.29, 1.82) is 0 Å². The Labute approximate surface area is 67.6 Å². The number of carboxylic acids is 1. The van der Waals surface area contributed by atoms with Gasteiger partial charge in [0.15, 0.2) is 0 Å². The van der Waals surface area contributed by atoms with Gasteiger partial charge in [-0.15, -0.1) is 0 Å². The number of aromatic nitrogens is 1. The SMILES string of the molecule is COc1nscc1CC(=O)O. The molecule has 0 saturated carbocycles. The van der Waals surface area contributed by atoms with Gasteiger partial charge < -0.3 is 9.84 Å². The van der Waals surface area contributed by atoms with E-state index in [1.807, 2.05) is 0 Å². The van der Waals surface area contributed by atoms with E-state index < -0.39 is 5.97 Å². The van der Waals surface area contributed by atoms with Crippen LogP contribution in [0.4, 0.5) is 0 Å². The molecule has 11 heavy (non-hydrogen) atoms. The largest absolute Gasteiger partial charge is 0.481 e. The normalized spacial score (nSPS) is 9.55. The maximum Gasteiger partial charge on any atom is 0.308 e. The number of carboxylic acid groups (broad SMARTS) is 1. The summed E-state index contributed by atoms with van der Waals surface area (Å²) in [6.07, 6.45) is -0.0281. The van der Waals surface area contributed by atoms with Crippen molar-refractivity contribution in [2.45, 2.75) is 6.42 Å². The van der Waals surface area contributed by atoms with Crippen LogP contribution in [0.1, 0.15) is 5.56 Å². The van der Waals surface area contributed by atoms with E-state index in [-0.39, 0.29) is 6.42 Å². The molecule has 5 heteroatoms. The Balaban J connectivity index is 2.76. The number of ether oxygens (including phenoxy) is 1. The Bertz CT molecular complexity index is 258. The molecule has 0 aromatic carbocycles. The number of methoxy groups -OCH3 is 1. The van der Waals surface area contributed by atoms with Gasteiger partial charge in [0.25, 0.3) is 0 Å². The molecule has 0 saturated heterocycles. The van der Waals surface area contributed by atoms with Crippen LogP contribution in [0.15, 0.2) is 5.38 Å². The first-order valence-corrected chi connectivity index (χ1v) is 3.76. The summed E-state index contributed by atoms with van der Waals surface area (Å²) in [7, 11) is 1.47. The third kappa shape index (κ3) is 1.91. The van der Waals surface area contributed by atoms with Crippen LogP contribution >= 0.6 is 11.5 Å². The zero-order valence-corrected chi connectivity index (χ0v) is 6.72. The topological polar surface area (TPSA) is 59.4 Å². The lowest BCUT2D eigenvalue weighted by atomic mass is 10.2. The molecule has 0 amide bonds. The first-order chi connectivity index (χ1) is 5.24. The van der Waals surface area contributed by atoms with Crippen molar-refractivity contribution in [3.05, 3.63) is 10.9 Å². The fourth-order valence-corrected chi connectivity index (χ4v) is 1.35. The predicted octanol–water partition coefficient (Wildman–Crippen LogP) is 0.779. The Morgan fingerprint density at radius 1 is 1.91 bits per heavy atom. The number of nitrogens with zero attached hydrogens (tertiary/aromatic N) is 1. The molecule has 0 bridgehead atoms. The van der Waals surface area contributed by atoms with Crippen molar-refractivity contribution in [1.82, 2.24) is 4.37 Å². The minimum Gasteiger partial charge on any atom is -0.481 e. The molecule has 0 spiro atoms. The van der Waals surface area contributed by atoms with Gasteiger partial charge in [0.1, 0.15) is 0 Å². The maximum atomic E-state index is 10.3. The van der Waals surface area contributed by atoms with Crippen molar-refractivity contribution in [3.8, 4) is 5.88 Å². The second-order valence-corrected chi connectivity index (χ2v) is 2.55. The van der Waals surface area contributed by atoms with Gasteiger partial charge in [-0.3, -0.25) is 4.79 Å². The minimum atomic E-state index is -0.872. The summed E-state index contributed by atoms with van der Waals surface area (Å²) in [6.45, 7) is 0. The zero-order valence-electron chi connectivity index (χ0n) is 5.90. The molecule has 1 aromatic heterocycles. The fraction of sp³-hybridized carbons (Fsp3) is 0.333. The molecule has 1 aromatic rings. The lowest BCUT2D eigenvalue weighted by Crippen LogP contribution is -2.00.